The van der Waals surface area contributed by atoms with Gasteiger partial charge in [-0.15, -0.1) is 0 Å². The Morgan fingerprint density at radius 1 is 1.12 bits per heavy atom. The molecule has 2 rings (SSSR count). The number of likely N-dealkylation sites (N-methyl/N-ethyl adjacent to an activating group) is 1. The number of pyridine rings is 1. The van der Waals surface area contributed by atoms with E-state index in [1.54, 1.807) is 49.5 Å². The first-order valence-corrected chi connectivity index (χ1v) is 8.42. The number of amides is 1. The molecule has 0 aliphatic heterocycles. The predicted molar refractivity (Wildman–Crippen MR) is 101 cm³/mol. The average Bonchev–Trinajstić information content (AvgIpc) is 2.62. The molecule has 0 fully saturated rings. The van der Waals surface area contributed by atoms with Crippen LogP contribution in [-0.4, -0.2) is 55.6 Å². The Morgan fingerprint density at radius 3 is 2.50 bits per heavy atom. The molecule has 0 unspecified atom stereocenters. The van der Waals surface area contributed by atoms with Crippen molar-refractivity contribution in [2.45, 2.75) is 6.92 Å². The van der Waals surface area contributed by atoms with Crippen molar-refractivity contribution < 1.29 is 14.3 Å². The lowest BCUT2D eigenvalue weighted by Gasteiger charge is -2.11. The Labute approximate surface area is 153 Å². The molecule has 26 heavy (non-hydrogen) atoms. The van der Waals surface area contributed by atoms with Crippen molar-refractivity contribution in [2.75, 3.05) is 39.1 Å². The number of hydrogen-bond donors (Lipinski definition) is 2. The highest BCUT2D eigenvalue weighted by atomic mass is 16.5. The third kappa shape index (κ3) is 5.86. The molecule has 2 N–H and O–H groups in total. The molecule has 0 atom stereocenters. The van der Waals surface area contributed by atoms with Crippen LogP contribution in [0.25, 0.3) is 0 Å². The lowest BCUT2D eigenvalue weighted by atomic mass is 10.2. The Kier molecular flexibility index (Phi) is 7.11. The monoisotopic (exact) mass is 356 g/mol. The van der Waals surface area contributed by atoms with E-state index in [1.165, 1.54) is 0 Å². The van der Waals surface area contributed by atoms with Gasteiger partial charge in [-0.05, 0) is 57.4 Å². The van der Waals surface area contributed by atoms with Crippen LogP contribution in [0, 0.1) is 0 Å². The fourth-order valence-corrected chi connectivity index (χ4v) is 2.19. The summed E-state index contributed by atoms with van der Waals surface area (Å²) in [6.45, 7) is 3.43. The van der Waals surface area contributed by atoms with Crippen LogP contribution in [0.15, 0.2) is 42.6 Å². The topological polar surface area (TPSA) is 83.6 Å². The van der Waals surface area contributed by atoms with Crippen LogP contribution in [0.3, 0.4) is 0 Å². The predicted octanol–water partition coefficient (Wildman–Crippen LogP) is 2.29. The van der Waals surface area contributed by atoms with E-state index in [2.05, 4.69) is 15.6 Å². The Balaban J connectivity index is 1.99. The summed E-state index contributed by atoms with van der Waals surface area (Å²) in [7, 11) is 3.89. The summed E-state index contributed by atoms with van der Waals surface area (Å²) in [6.07, 6.45) is 1.58. The van der Waals surface area contributed by atoms with E-state index in [4.69, 9.17) is 4.74 Å². The van der Waals surface area contributed by atoms with Crippen molar-refractivity contribution >= 4 is 23.3 Å². The number of esters is 1. The van der Waals surface area contributed by atoms with Gasteiger partial charge in [0, 0.05) is 30.7 Å². The molecule has 0 aliphatic carbocycles. The van der Waals surface area contributed by atoms with E-state index >= 15 is 0 Å². The van der Waals surface area contributed by atoms with Gasteiger partial charge in [0.2, 0.25) is 0 Å². The van der Waals surface area contributed by atoms with E-state index in [1.807, 2.05) is 19.0 Å². The minimum absolute atomic E-state index is 0.215. The van der Waals surface area contributed by atoms with Crippen molar-refractivity contribution in [1.82, 2.24) is 15.2 Å². The smallest absolute Gasteiger partial charge is 0.338 e. The Morgan fingerprint density at radius 2 is 1.85 bits per heavy atom. The maximum Gasteiger partial charge on any atom is 0.338 e. The molecule has 7 heteroatoms. The molecule has 2 aromatic rings. The van der Waals surface area contributed by atoms with Crippen LogP contribution in [0.1, 0.15) is 27.8 Å². The van der Waals surface area contributed by atoms with Crippen LogP contribution in [-0.2, 0) is 4.74 Å². The highest BCUT2D eigenvalue weighted by molar-refractivity contribution is 5.93. The molecule has 0 spiro atoms. The number of rotatable bonds is 8. The van der Waals surface area contributed by atoms with Crippen LogP contribution < -0.4 is 10.6 Å². The Hall–Kier alpha value is -2.93. The third-order valence-corrected chi connectivity index (χ3v) is 3.52. The standard InChI is InChI=1S/C19H24N4O3/c1-4-26-19(25)14-5-7-15(8-6-14)22-16-9-10-20-17(13-16)18(24)21-11-12-23(2)3/h5-10,13H,4,11-12H2,1-3H3,(H,20,22)(H,21,24). The van der Waals surface area contributed by atoms with E-state index in [0.717, 1.165) is 17.9 Å². The number of nitrogens with one attached hydrogen (secondary N) is 2. The number of aromatic nitrogens is 1. The second-order valence-corrected chi connectivity index (χ2v) is 5.91. The van der Waals surface area contributed by atoms with Crippen LogP contribution >= 0.6 is 0 Å². The van der Waals surface area contributed by atoms with E-state index in [9.17, 15) is 9.59 Å². The van der Waals surface area contributed by atoms with Gasteiger partial charge in [-0.2, -0.15) is 0 Å². The molecule has 7 nitrogen and oxygen atoms in total. The Bertz CT molecular complexity index is 745. The first kappa shape index (κ1) is 19.4. The van der Waals surface area contributed by atoms with Crippen molar-refractivity contribution in [3.05, 3.63) is 53.9 Å². The molecule has 0 radical (unpaired) electrons. The zero-order valence-corrected chi connectivity index (χ0v) is 15.3. The van der Waals surface area contributed by atoms with Gasteiger partial charge >= 0.3 is 5.97 Å². The zero-order chi connectivity index (χ0) is 18.9. The number of hydrogen-bond acceptors (Lipinski definition) is 6. The molecule has 1 heterocycles. The summed E-state index contributed by atoms with van der Waals surface area (Å²) in [5.41, 5.74) is 2.37. The van der Waals surface area contributed by atoms with Gasteiger partial charge in [-0.25, -0.2) is 4.79 Å². The van der Waals surface area contributed by atoms with Gasteiger partial charge in [0.25, 0.3) is 5.91 Å². The summed E-state index contributed by atoms with van der Waals surface area (Å²) in [5, 5.41) is 6.02. The maximum atomic E-state index is 12.1. The highest BCUT2D eigenvalue weighted by Crippen LogP contribution is 2.18. The number of carbonyl (C=O) groups excluding carboxylic acids is 2. The fourth-order valence-electron chi connectivity index (χ4n) is 2.19. The van der Waals surface area contributed by atoms with Crippen molar-refractivity contribution in [3.63, 3.8) is 0 Å². The minimum Gasteiger partial charge on any atom is -0.462 e. The van der Waals surface area contributed by atoms with Crippen LogP contribution in [0.4, 0.5) is 11.4 Å². The molecule has 1 amide bonds. The van der Waals surface area contributed by atoms with Crippen molar-refractivity contribution in [2.24, 2.45) is 0 Å². The van der Waals surface area contributed by atoms with Gasteiger partial charge in [0.1, 0.15) is 5.69 Å². The van der Waals surface area contributed by atoms with Gasteiger partial charge in [-0.3, -0.25) is 9.78 Å². The molecular weight excluding hydrogens is 332 g/mol. The van der Waals surface area contributed by atoms with E-state index in [0.29, 0.717) is 24.4 Å². The summed E-state index contributed by atoms with van der Waals surface area (Å²) < 4.78 is 4.96. The average molecular weight is 356 g/mol. The maximum absolute atomic E-state index is 12.1. The third-order valence-electron chi connectivity index (χ3n) is 3.52. The summed E-state index contributed by atoms with van der Waals surface area (Å²) in [6, 6.07) is 10.4. The van der Waals surface area contributed by atoms with Gasteiger partial charge < -0.3 is 20.3 Å². The molecule has 0 saturated heterocycles. The second-order valence-electron chi connectivity index (χ2n) is 5.91. The van der Waals surface area contributed by atoms with Gasteiger partial charge in [0.15, 0.2) is 0 Å². The molecule has 1 aromatic carbocycles. The lowest BCUT2D eigenvalue weighted by molar-refractivity contribution is 0.0526. The number of carbonyl (C=O) groups is 2. The van der Waals surface area contributed by atoms with E-state index in [-0.39, 0.29) is 11.9 Å². The minimum atomic E-state index is -0.348. The zero-order valence-electron chi connectivity index (χ0n) is 15.3. The quantitative estimate of drug-likeness (QED) is 0.706. The summed E-state index contributed by atoms with van der Waals surface area (Å²) in [4.78, 5) is 29.9. The number of ether oxygens (including phenoxy) is 1. The van der Waals surface area contributed by atoms with Crippen molar-refractivity contribution in [3.8, 4) is 0 Å². The first-order chi connectivity index (χ1) is 12.5. The number of anilines is 2. The lowest BCUT2D eigenvalue weighted by Crippen LogP contribution is -2.31. The van der Waals surface area contributed by atoms with Crippen LogP contribution in [0.5, 0.6) is 0 Å². The molecule has 0 saturated carbocycles. The summed E-state index contributed by atoms with van der Waals surface area (Å²) >= 11 is 0. The highest BCUT2D eigenvalue weighted by Gasteiger charge is 2.09. The molecule has 138 valence electrons. The molecule has 1 aromatic heterocycles. The number of benzene rings is 1. The largest absolute Gasteiger partial charge is 0.462 e. The van der Waals surface area contributed by atoms with E-state index < -0.39 is 0 Å². The molecule has 0 bridgehead atoms. The molecule has 0 aliphatic rings. The summed E-state index contributed by atoms with van der Waals surface area (Å²) in [5.74, 6) is -0.562. The normalized spacial score (nSPS) is 10.5. The van der Waals surface area contributed by atoms with Crippen LogP contribution in [0.2, 0.25) is 0 Å². The van der Waals surface area contributed by atoms with Crippen molar-refractivity contribution in [1.29, 1.82) is 0 Å². The SMILES string of the molecule is CCOC(=O)c1ccc(Nc2ccnc(C(=O)NCCN(C)C)c2)cc1. The van der Waals surface area contributed by atoms with Gasteiger partial charge in [0.05, 0.1) is 12.2 Å². The number of nitrogens with zero attached hydrogens (tertiary/aromatic N) is 2. The first-order valence-electron chi connectivity index (χ1n) is 8.42. The van der Waals surface area contributed by atoms with Gasteiger partial charge in [-0.1, -0.05) is 0 Å². The second kappa shape index (κ2) is 9.53. The molecular formula is C19H24N4O3. The fraction of sp³-hybridized carbons (Fsp3) is 0.316.